The molecule has 0 bridgehead atoms. The fourth-order valence-electron chi connectivity index (χ4n) is 1.47. The second-order valence-corrected chi connectivity index (χ2v) is 3.95. The first-order valence-corrected chi connectivity index (χ1v) is 5.74. The van der Waals surface area contributed by atoms with E-state index in [1.165, 1.54) is 32.1 Å². The third-order valence-corrected chi connectivity index (χ3v) is 2.51. The Morgan fingerprint density at radius 2 is 1.64 bits per heavy atom. The monoisotopic (exact) mass is 199 g/mol. The summed E-state index contributed by atoms with van der Waals surface area (Å²) in [6, 6.07) is 0. The van der Waals surface area contributed by atoms with Gasteiger partial charge in [0.15, 0.2) is 0 Å². The number of aliphatic carboxylic acids is 1. The second kappa shape index (κ2) is 9.04. The Morgan fingerprint density at radius 3 is 2.14 bits per heavy atom. The molecule has 1 unspecified atom stereocenters. The summed E-state index contributed by atoms with van der Waals surface area (Å²) < 4.78 is 0. The molecular weight excluding hydrogens is 176 g/mol. The maximum absolute atomic E-state index is 10.4. The van der Waals surface area contributed by atoms with Crippen LogP contribution in [-0.4, -0.2) is 11.1 Å². The van der Waals surface area contributed by atoms with E-state index in [-0.39, 0.29) is 0 Å². The van der Waals surface area contributed by atoms with Crippen molar-refractivity contribution in [3.05, 3.63) is 6.92 Å². The Morgan fingerprint density at radius 1 is 1.14 bits per heavy atom. The molecule has 0 heterocycles. The van der Waals surface area contributed by atoms with Gasteiger partial charge in [-0.3, -0.25) is 4.79 Å². The zero-order valence-electron chi connectivity index (χ0n) is 9.30. The summed E-state index contributed by atoms with van der Waals surface area (Å²) in [6.07, 6.45) is 9.35. The molecule has 0 aliphatic rings. The van der Waals surface area contributed by atoms with Crippen LogP contribution >= 0.6 is 0 Å². The predicted octanol–water partition coefficient (Wildman–Crippen LogP) is 3.66. The lowest BCUT2D eigenvalue weighted by atomic mass is 10.0. The second-order valence-electron chi connectivity index (χ2n) is 3.95. The van der Waals surface area contributed by atoms with Gasteiger partial charge in [-0.25, -0.2) is 0 Å². The first kappa shape index (κ1) is 13.5. The lowest BCUT2D eigenvalue weighted by molar-refractivity contribution is -0.140. The zero-order chi connectivity index (χ0) is 10.8. The van der Waals surface area contributed by atoms with Gasteiger partial charge in [0.1, 0.15) is 0 Å². The molecule has 0 spiro atoms. The number of rotatable bonds is 9. The van der Waals surface area contributed by atoms with Crippen LogP contribution in [0.25, 0.3) is 0 Å². The third-order valence-electron chi connectivity index (χ3n) is 2.51. The molecule has 14 heavy (non-hydrogen) atoms. The SMILES string of the molecule is [CH2]C(CCCCCCCCC)C(=O)O. The van der Waals surface area contributed by atoms with Crippen LogP contribution in [0.1, 0.15) is 58.3 Å². The molecule has 0 aliphatic heterocycles. The van der Waals surface area contributed by atoms with Crippen molar-refractivity contribution >= 4 is 5.97 Å². The van der Waals surface area contributed by atoms with Gasteiger partial charge < -0.3 is 5.11 Å². The van der Waals surface area contributed by atoms with Crippen molar-refractivity contribution in [2.24, 2.45) is 5.92 Å². The Labute approximate surface area is 87.7 Å². The highest BCUT2D eigenvalue weighted by atomic mass is 16.4. The lowest BCUT2D eigenvalue weighted by Gasteiger charge is -2.05. The van der Waals surface area contributed by atoms with Crippen LogP contribution in [0, 0.1) is 12.8 Å². The summed E-state index contributed by atoms with van der Waals surface area (Å²) in [5.41, 5.74) is 0. The quantitative estimate of drug-likeness (QED) is 0.575. The lowest BCUT2D eigenvalue weighted by Crippen LogP contribution is -2.09. The highest BCUT2D eigenvalue weighted by molar-refractivity contribution is 5.70. The van der Waals surface area contributed by atoms with Crippen LogP contribution < -0.4 is 0 Å². The van der Waals surface area contributed by atoms with Crippen molar-refractivity contribution in [2.45, 2.75) is 58.3 Å². The molecule has 0 aliphatic carbocycles. The first-order chi connectivity index (χ1) is 6.68. The van der Waals surface area contributed by atoms with E-state index in [0.29, 0.717) is 0 Å². The Hall–Kier alpha value is -0.530. The Kier molecular flexibility index (Phi) is 8.70. The van der Waals surface area contributed by atoms with Gasteiger partial charge in [-0.15, -0.1) is 0 Å². The molecule has 2 nitrogen and oxygen atoms in total. The number of carboxylic acids is 1. The summed E-state index contributed by atoms with van der Waals surface area (Å²) in [6.45, 7) is 5.79. The van der Waals surface area contributed by atoms with Crippen LogP contribution in [0.15, 0.2) is 0 Å². The van der Waals surface area contributed by atoms with Crippen LogP contribution in [0.5, 0.6) is 0 Å². The maximum Gasteiger partial charge on any atom is 0.306 e. The molecule has 0 saturated heterocycles. The van der Waals surface area contributed by atoms with Gasteiger partial charge in [0.2, 0.25) is 0 Å². The van der Waals surface area contributed by atoms with Gasteiger partial charge in [0, 0.05) is 0 Å². The molecule has 2 heteroatoms. The first-order valence-electron chi connectivity index (χ1n) is 5.74. The minimum Gasteiger partial charge on any atom is -0.481 e. The highest BCUT2D eigenvalue weighted by Crippen LogP contribution is 2.12. The van der Waals surface area contributed by atoms with Crippen molar-refractivity contribution in [3.63, 3.8) is 0 Å². The van der Waals surface area contributed by atoms with E-state index >= 15 is 0 Å². The van der Waals surface area contributed by atoms with Crippen LogP contribution in [0.2, 0.25) is 0 Å². The minimum atomic E-state index is -0.768. The van der Waals surface area contributed by atoms with Crippen molar-refractivity contribution in [3.8, 4) is 0 Å². The molecule has 0 aromatic carbocycles. The fourth-order valence-corrected chi connectivity index (χ4v) is 1.47. The number of carboxylic acid groups (broad SMARTS) is 1. The summed E-state index contributed by atoms with van der Waals surface area (Å²) in [7, 11) is 0. The summed E-state index contributed by atoms with van der Waals surface area (Å²) >= 11 is 0. The molecule has 0 aromatic rings. The molecule has 1 N–H and O–H groups in total. The Balaban J connectivity index is 3.09. The van der Waals surface area contributed by atoms with Crippen molar-refractivity contribution in [1.29, 1.82) is 0 Å². The van der Waals surface area contributed by atoms with Gasteiger partial charge in [-0.05, 0) is 13.3 Å². The summed E-state index contributed by atoms with van der Waals surface area (Å²) in [4.78, 5) is 10.4. The van der Waals surface area contributed by atoms with Crippen molar-refractivity contribution in [1.82, 2.24) is 0 Å². The molecule has 83 valence electrons. The van der Waals surface area contributed by atoms with E-state index in [9.17, 15) is 4.79 Å². The number of hydrogen-bond donors (Lipinski definition) is 1. The topological polar surface area (TPSA) is 37.3 Å². The number of hydrogen-bond acceptors (Lipinski definition) is 1. The van der Waals surface area contributed by atoms with Crippen LogP contribution in [-0.2, 0) is 4.79 Å². The van der Waals surface area contributed by atoms with E-state index in [2.05, 4.69) is 13.8 Å². The normalized spacial score (nSPS) is 12.7. The Bertz CT molecular complexity index is 143. The molecule has 1 atom stereocenters. The van der Waals surface area contributed by atoms with Gasteiger partial charge >= 0.3 is 5.97 Å². The molecule has 1 radical (unpaired) electrons. The highest BCUT2D eigenvalue weighted by Gasteiger charge is 2.09. The molecule has 0 aromatic heterocycles. The fraction of sp³-hybridized carbons (Fsp3) is 0.833. The smallest absolute Gasteiger partial charge is 0.306 e. The zero-order valence-corrected chi connectivity index (χ0v) is 9.30. The van der Waals surface area contributed by atoms with E-state index in [1.54, 1.807) is 0 Å². The van der Waals surface area contributed by atoms with Gasteiger partial charge in [-0.1, -0.05) is 51.9 Å². The average Bonchev–Trinajstić information content (AvgIpc) is 2.16. The standard InChI is InChI=1S/C12H23O2/c1-3-4-5-6-7-8-9-10-11(2)12(13)14/h11H,2-10H2,1H3,(H,13,14). The molecular formula is C12H23O2. The summed E-state index contributed by atoms with van der Waals surface area (Å²) in [5, 5.41) is 8.59. The number of unbranched alkanes of at least 4 members (excludes halogenated alkanes) is 6. The molecule has 0 rings (SSSR count). The van der Waals surface area contributed by atoms with E-state index in [4.69, 9.17) is 5.11 Å². The predicted molar refractivity (Wildman–Crippen MR) is 59.1 cm³/mol. The van der Waals surface area contributed by atoms with E-state index in [0.717, 1.165) is 19.3 Å². The van der Waals surface area contributed by atoms with Gasteiger partial charge in [0.05, 0.1) is 5.92 Å². The van der Waals surface area contributed by atoms with Crippen molar-refractivity contribution in [2.75, 3.05) is 0 Å². The van der Waals surface area contributed by atoms with Crippen LogP contribution in [0.4, 0.5) is 0 Å². The van der Waals surface area contributed by atoms with Gasteiger partial charge in [-0.2, -0.15) is 0 Å². The molecule has 0 fully saturated rings. The maximum atomic E-state index is 10.4. The van der Waals surface area contributed by atoms with Gasteiger partial charge in [0.25, 0.3) is 0 Å². The average molecular weight is 199 g/mol. The third kappa shape index (κ3) is 8.09. The number of carbonyl (C=O) groups is 1. The molecule has 0 amide bonds. The molecule has 0 saturated carbocycles. The summed E-state index contributed by atoms with van der Waals surface area (Å²) in [5.74, 6) is -1.18. The van der Waals surface area contributed by atoms with Crippen molar-refractivity contribution < 1.29 is 9.90 Å². The van der Waals surface area contributed by atoms with E-state index in [1.807, 2.05) is 0 Å². The largest absolute Gasteiger partial charge is 0.481 e. The minimum absolute atomic E-state index is 0.411. The van der Waals surface area contributed by atoms with E-state index < -0.39 is 11.9 Å². The van der Waals surface area contributed by atoms with Crippen LogP contribution in [0.3, 0.4) is 0 Å².